The van der Waals surface area contributed by atoms with Gasteiger partial charge >= 0.3 is 0 Å². The largest absolute Gasteiger partial charge is 0.399 e. The van der Waals surface area contributed by atoms with Crippen LogP contribution in [0.3, 0.4) is 0 Å². The Bertz CT molecular complexity index is 502. The third kappa shape index (κ3) is 3.43. The lowest BCUT2D eigenvalue weighted by atomic mass is 10.2. The van der Waals surface area contributed by atoms with Crippen molar-refractivity contribution in [1.29, 1.82) is 0 Å². The average Bonchev–Trinajstić information content (AvgIpc) is 2.26. The number of hydrogen-bond donors (Lipinski definition) is 1. The summed E-state index contributed by atoms with van der Waals surface area (Å²) in [7, 11) is -2.80. The van der Waals surface area contributed by atoms with Crippen molar-refractivity contribution in [3.8, 4) is 0 Å². The predicted molar refractivity (Wildman–Crippen MR) is 72.5 cm³/mol. The van der Waals surface area contributed by atoms with Crippen LogP contribution in [0.1, 0.15) is 5.56 Å². The van der Waals surface area contributed by atoms with E-state index in [0.717, 1.165) is 22.3 Å². The highest BCUT2D eigenvalue weighted by atomic mass is 79.9. The van der Waals surface area contributed by atoms with Crippen LogP contribution >= 0.6 is 15.9 Å². The number of nitrogen functional groups attached to an aromatic ring is 1. The number of rotatable bonds is 2. The minimum Gasteiger partial charge on any atom is -0.399 e. The topological polar surface area (TPSA) is 63.4 Å². The Morgan fingerprint density at radius 1 is 1.29 bits per heavy atom. The second-order valence-corrected chi connectivity index (χ2v) is 7.44. The fraction of sp³-hybridized carbons (Fsp3) is 0.455. The molecule has 1 aromatic carbocycles. The monoisotopic (exact) mass is 318 g/mol. The summed E-state index contributed by atoms with van der Waals surface area (Å²) in [6.45, 7) is 1.94. The van der Waals surface area contributed by atoms with Crippen LogP contribution in [-0.2, 0) is 16.4 Å². The van der Waals surface area contributed by atoms with Crippen LogP contribution in [0, 0.1) is 0 Å². The van der Waals surface area contributed by atoms with Gasteiger partial charge in [0, 0.05) is 29.8 Å². The molecule has 2 rings (SSSR count). The van der Waals surface area contributed by atoms with Crippen LogP contribution in [0.5, 0.6) is 0 Å². The van der Waals surface area contributed by atoms with Crippen LogP contribution in [0.4, 0.5) is 5.69 Å². The zero-order valence-corrected chi connectivity index (χ0v) is 11.8. The Kier molecular flexibility index (Phi) is 3.75. The van der Waals surface area contributed by atoms with E-state index in [4.69, 9.17) is 5.73 Å². The quantitative estimate of drug-likeness (QED) is 0.834. The van der Waals surface area contributed by atoms with Crippen molar-refractivity contribution in [2.75, 3.05) is 30.3 Å². The van der Waals surface area contributed by atoms with Crippen LogP contribution in [0.15, 0.2) is 22.7 Å². The molecule has 0 unspecified atom stereocenters. The van der Waals surface area contributed by atoms with Crippen molar-refractivity contribution in [3.05, 3.63) is 28.2 Å². The first-order valence-electron chi connectivity index (χ1n) is 5.43. The number of nitrogens with zero attached hydrogens (tertiary/aromatic N) is 1. The zero-order valence-electron chi connectivity index (χ0n) is 9.39. The van der Waals surface area contributed by atoms with Gasteiger partial charge in [0.1, 0.15) is 0 Å². The first-order valence-corrected chi connectivity index (χ1v) is 8.04. The van der Waals surface area contributed by atoms with E-state index in [0.29, 0.717) is 13.1 Å². The molecule has 0 aliphatic carbocycles. The zero-order chi connectivity index (χ0) is 12.5. The van der Waals surface area contributed by atoms with Gasteiger partial charge < -0.3 is 5.73 Å². The third-order valence-corrected chi connectivity index (χ3v) is 5.28. The van der Waals surface area contributed by atoms with Gasteiger partial charge in [-0.25, -0.2) is 8.42 Å². The summed E-state index contributed by atoms with van der Waals surface area (Å²) >= 11 is 3.48. The van der Waals surface area contributed by atoms with Crippen molar-refractivity contribution in [1.82, 2.24) is 4.90 Å². The van der Waals surface area contributed by atoms with E-state index < -0.39 is 9.84 Å². The minimum absolute atomic E-state index is 0.257. The number of nitrogens with two attached hydrogens (primary N) is 1. The number of anilines is 1. The van der Waals surface area contributed by atoms with Gasteiger partial charge in [-0.2, -0.15) is 0 Å². The Morgan fingerprint density at radius 3 is 2.59 bits per heavy atom. The molecule has 1 heterocycles. The maximum Gasteiger partial charge on any atom is 0.152 e. The van der Waals surface area contributed by atoms with Crippen LogP contribution in [0.25, 0.3) is 0 Å². The van der Waals surface area contributed by atoms with E-state index in [-0.39, 0.29) is 11.5 Å². The fourth-order valence-corrected chi connectivity index (χ4v) is 3.51. The molecule has 0 spiro atoms. The Morgan fingerprint density at radius 2 is 1.94 bits per heavy atom. The van der Waals surface area contributed by atoms with Crippen molar-refractivity contribution in [2.24, 2.45) is 0 Å². The van der Waals surface area contributed by atoms with Crippen molar-refractivity contribution in [3.63, 3.8) is 0 Å². The Labute approximate surface area is 110 Å². The molecule has 1 fully saturated rings. The number of hydrogen-bond acceptors (Lipinski definition) is 4. The van der Waals surface area contributed by atoms with Crippen molar-refractivity contribution >= 4 is 31.5 Å². The van der Waals surface area contributed by atoms with Gasteiger partial charge in [0.25, 0.3) is 0 Å². The highest BCUT2D eigenvalue weighted by molar-refractivity contribution is 9.10. The first kappa shape index (κ1) is 12.9. The summed E-state index contributed by atoms with van der Waals surface area (Å²) in [6, 6.07) is 5.69. The van der Waals surface area contributed by atoms with Crippen LogP contribution in [-0.4, -0.2) is 37.9 Å². The van der Waals surface area contributed by atoms with E-state index in [9.17, 15) is 8.42 Å². The average molecular weight is 319 g/mol. The molecule has 4 nitrogen and oxygen atoms in total. The SMILES string of the molecule is Nc1ccc(Br)c(CN2CCS(=O)(=O)CC2)c1. The molecule has 0 aromatic heterocycles. The second-order valence-electron chi connectivity index (χ2n) is 4.28. The summed E-state index contributed by atoms with van der Waals surface area (Å²) in [5, 5.41) is 0. The normalized spacial score (nSPS) is 20.3. The van der Waals surface area contributed by atoms with Gasteiger partial charge in [-0.1, -0.05) is 15.9 Å². The number of sulfone groups is 1. The molecule has 0 atom stereocenters. The lowest BCUT2D eigenvalue weighted by Crippen LogP contribution is -2.39. The molecular weight excluding hydrogens is 304 g/mol. The summed E-state index contributed by atoms with van der Waals surface area (Å²) in [5.74, 6) is 0.514. The van der Waals surface area contributed by atoms with Gasteiger partial charge in [0.2, 0.25) is 0 Å². The molecule has 1 aliphatic heterocycles. The Balaban J connectivity index is 2.05. The van der Waals surface area contributed by atoms with Crippen molar-refractivity contribution in [2.45, 2.75) is 6.54 Å². The molecule has 1 aliphatic rings. The highest BCUT2D eigenvalue weighted by Crippen LogP contribution is 2.21. The molecular formula is C11H15BrN2O2S. The van der Waals surface area contributed by atoms with E-state index >= 15 is 0 Å². The summed E-state index contributed by atoms with van der Waals surface area (Å²) in [5.41, 5.74) is 7.57. The lowest BCUT2D eigenvalue weighted by molar-refractivity contribution is 0.287. The first-order chi connectivity index (χ1) is 7.96. The number of benzene rings is 1. The molecule has 0 amide bonds. The maximum atomic E-state index is 11.3. The van der Waals surface area contributed by atoms with E-state index in [1.165, 1.54) is 0 Å². The van der Waals surface area contributed by atoms with Gasteiger partial charge in [0.05, 0.1) is 11.5 Å². The standard InChI is InChI=1S/C11H15BrN2O2S/c12-11-2-1-10(13)7-9(11)8-14-3-5-17(15,16)6-4-14/h1-2,7H,3-6,8,13H2. The molecule has 6 heteroatoms. The van der Waals surface area contributed by atoms with Gasteiger partial charge in [-0.05, 0) is 23.8 Å². The summed E-state index contributed by atoms with van der Waals surface area (Å²) in [6.07, 6.45) is 0. The van der Waals surface area contributed by atoms with E-state index in [1.54, 1.807) is 0 Å². The molecule has 94 valence electrons. The van der Waals surface area contributed by atoms with Gasteiger partial charge in [-0.15, -0.1) is 0 Å². The van der Waals surface area contributed by atoms with Gasteiger partial charge in [-0.3, -0.25) is 4.90 Å². The molecule has 1 aromatic rings. The maximum absolute atomic E-state index is 11.3. The number of halogens is 1. The minimum atomic E-state index is -2.80. The Hall–Kier alpha value is -0.590. The van der Waals surface area contributed by atoms with Crippen molar-refractivity contribution < 1.29 is 8.42 Å². The molecule has 0 bridgehead atoms. The predicted octanol–water partition coefficient (Wildman–Crippen LogP) is 1.26. The molecule has 17 heavy (non-hydrogen) atoms. The highest BCUT2D eigenvalue weighted by Gasteiger charge is 2.21. The molecule has 0 radical (unpaired) electrons. The molecule has 0 saturated carbocycles. The molecule has 2 N–H and O–H groups in total. The second kappa shape index (κ2) is 4.96. The fourth-order valence-electron chi connectivity index (χ4n) is 1.87. The van der Waals surface area contributed by atoms with E-state index in [1.807, 2.05) is 18.2 Å². The van der Waals surface area contributed by atoms with Crippen LogP contribution in [0.2, 0.25) is 0 Å². The lowest BCUT2D eigenvalue weighted by Gasteiger charge is -2.26. The summed E-state index contributed by atoms with van der Waals surface area (Å²) in [4.78, 5) is 2.14. The van der Waals surface area contributed by atoms with Gasteiger partial charge in [0.15, 0.2) is 9.84 Å². The molecule has 1 saturated heterocycles. The van der Waals surface area contributed by atoms with E-state index in [2.05, 4.69) is 20.8 Å². The third-order valence-electron chi connectivity index (χ3n) is 2.90. The summed E-state index contributed by atoms with van der Waals surface area (Å²) < 4.78 is 23.6. The van der Waals surface area contributed by atoms with Crippen LogP contribution < -0.4 is 5.73 Å². The smallest absolute Gasteiger partial charge is 0.152 e.